The van der Waals surface area contributed by atoms with Gasteiger partial charge in [0.05, 0.1) is 12.2 Å². The number of likely N-dealkylation sites (tertiary alicyclic amines) is 1. The van der Waals surface area contributed by atoms with E-state index in [2.05, 4.69) is 31.2 Å². The number of aliphatic hydroxyl groups excluding tert-OH is 1. The minimum atomic E-state index is -1.05. The van der Waals surface area contributed by atoms with E-state index in [9.17, 15) is 15.0 Å². The van der Waals surface area contributed by atoms with Gasteiger partial charge in [-0.3, -0.25) is 4.79 Å². The highest BCUT2D eigenvalue weighted by Gasteiger charge is 2.31. The average molecular weight is 367 g/mol. The van der Waals surface area contributed by atoms with Crippen molar-refractivity contribution < 1.29 is 15.0 Å². The van der Waals surface area contributed by atoms with Gasteiger partial charge in [-0.2, -0.15) is 0 Å². The van der Waals surface area contributed by atoms with Crippen LogP contribution in [0.15, 0.2) is 48.5 Å². The summed E-state index contributed by atoms with van der Waals surface area (Å²) in [6.45, 7) is 3.01. The molecule has 0 radical (unpaired) electrons. The molecule has 0 saturated carbocycles. The van der Waals surface area contributed by atoms with Gasteiger partial charge in [-0.15, -0.1) is 0 Å². The van der Waals surface area contributed by atoms with Crippen LogP contribution in [-0.4, -0.2) is 46.3 Å². The predicted octanol–water partition coefficient (Wildman–Crippen LogP) is 3.66. The van der Waals surface area contributed by atoms with E-state index in [4.69, 9.17) is 0 Å². The monoisotopic (exact) mass is 367 g/mol. The molecule has 1 aliphatic rings. The highest BCUT2D eigenvalue weighted by Crippen LogP contribution is 2.24. The van der Waals surface area contributed by atoms with Gasteiger partial charge in [0.1, 0.15) is 0 Å². The van der Waals surface area contributed by atoms with Crippen LogP contribution < -0.4 is 0 Å². The smallest absolute Gasteiger partial charge is 0.253 e. The summed E-state index contributed by atoms with van der Waals surface area (Å²) in [6.07, 6.45) is 3.87. The van der Waals surface area contributed by atoms with Crippen LogP contribution in [0.2, 0.25) is 0 Å². The van der Waals surface area contributed by atoms with Crippen molar-refractivity contribution in [2.24, 2.45) is 0 Å². The lowest BCUT2D eigenvalue weighted by Crippen LogP contribution is -2.36. The minimum Gasteiger partial charge on any atom is -0.393 e. The third kappa shape index (κ3) is 4.76. The SMILES string of the molecule is CCCc1ccc(-c2ccc(C(=O)N3CCC[C@](O)(CO)CC3)cc2)cc1. The number of carbonyl (C=O) groups excluding carboxylic acids is 1. The number of carbonyl (C=O) groups is 1. The first kappa shape index (κ1) is 19.6. The van der Waals surface area contributed by atoms with E-state index in [1.165, 1.54) is 5.56 Å². The highest BCUT2D eigenvalue weighted by atomic mass is 16.3. The maximum Gasteiger partial charge on any atom is 0.253 e. The second-order valence-corrected chi connectivity index (χ2v) is 7.55. The largest absolute Gasteiger partial charge is 0.393 e. The van der Waals surface area contributed by atoms with Gasteiger partial charge in [-0.25, -0.2) is 0 Å². The molecule has 27 heavy (non-hydrogen) atoms. The first-order valence-corrected chi connectivity index (χ1v) is 9.86. The minimum absolute atomic E-state index is 0.0120. The second kappa shape index (κ2) is 8.68. The zero-order valence-electron chi connectivity index (χ0n) is 16.0. The number of aliphatic hydroxyl groups is 2. The Bertz CT molecular complexity index is 754. The number of aryl methyl sites for hydroxylation is 1. The molecule has 0 bridgehead atoms. The molecule has 1 amide bonds. The van der Waals surface area contributed by atoms with Crippen LogP contribution in [0.3, 0.4) is 0 Å². The van der Waals surface area contributed by atoms with Gasteiger partial charge in [-0.05, 0) is 54.5 Å². The molecule has 0 aromatic heterocycles. The summed E-state index contributed by atoms with van der Waals surface area (Å²) in [5, 5.41) is 19.6. The van der Waals surface area contributed by atoms with E-state index in [1.807, 2.05) is 24.3 Å². The molecule has 1 aliphatic heterocycles. The fourth-order valence-electron chi connectivity index (χ4n) is 3.68. The average Bonchev–Trinajstić information content (AvgIpc) is 2.91. The Balaban J connectivity index is 1.68. The summed E-state index contributed by atoms with van der Waals surface area (Å²) >= 11 is 0. The molecular formula is C23H29NO3. The Morgan fingerprint density at radius 3 is 2.22 bits per heavy atom. The first-order valence-electron chi connectivity index (χ1n) is 9.86. The standard InChI is InChI=1S/C23H29NO3/c1-2-4-18-5-7-19(8-6-18)20-9-11-21(12-10-20)22(26)24-15-3-13-23(27,17-25)14-16-24/h5-12,25,27H,2-4,13-17H2,1H3/t23-/m1/s1. The van der Waals surface area contributed by atoms with Crippen LogP contribution >= 0.6 is 0 Å². The molecule has 1 atom stereocenters. The summed E-state index contributed by atoms with van der Waals surface area (Å²) in [6, 6.07) is 16.3. The second-order valence-electron chi connectivity index (χ2n) is 7.55. The summed E-state index contributed by atoms with van der Waals surface area (Å²) in [5.74, 6) is -0.0120. The van der Waals surface area contributed by atoms with E-state index in [-0.39, 0.29) is 12.5 Å². The van der Waals surface area contributed by atoms with Crippen molar-refractivity contribution in [2.75, 3.05) is 19.7 Å². The maximum absolute atomic E-state index is 12.8. The number of hydrogen-bond acceptors (Lipinski definition) is 3. The fraction of sp³-hybridized carbons (Fsp3) is 0.435. The van der Waals surface area contributed by atoms with Gasteiger partial charge in [0.2, 0.25) is 0 Å². The molecule has 0 unspecified atom stereocenters. The Morgan fingerprint density at radius 2 is 1.63 bits per heavy atom. The van der Waals surface area contributed by atoms with E-state index in [1.54, 1.807) is 4.90 Å². The van der Waals surface area contributed by atoms with Gasteiger partial charge in [0, 0.05) is 18.7 Å². The van der Waals surface area contributed by atoms with E-state index in [0.717, 1.165) is 24.0 Å². The van der Waals surface area contributed by atoms with Crippen molar-refractivity contribution >= 4 is 5.91 Å². The van der Waals surface area contributed by atoms with Crippen LogP contribution in [0.5, 0.6) is 0 Å². The number of benzene rings is 2. The summed E-state index contributed by atoms with van der Waals surface area (Å²) in [7, 11) is 0. The number of hydrogen-bond donors (Lipinski definition) is 2. The van der Waals surface area contributed by atoms with Gasteiger partial charge >= 0.3 is 0 Å². The topological polar surface area (TPSA) is 60.8 Å². The van der Waals surface area contributed by atoms with Crippen molar-refractivity contribution in [3.05, 3.63) is 59.7 Å². The molecule has 2 aromatic carbocycles. The molecule has 1 fully saturated rings. The maximum atomic E-state index is 12.8. The molecule has 2 N–H and O–H groups in total. The molecule has 3 rings (SSSR count). The van der Waals surface area contributed by atoms with Crippen LogP contribution in [0.1, 0.15) is 48.5 Å². The molecular weight excluding hydrogens is 338 g/mol. The molecule has 0 aliphatic carbocycles. The van der Waals surface area contributed by atoms with Crippen molar-refractivity contribution in [3.63, 3.8) is 0 Å². The summed E-state index contributed by atoms with van der Waals surface area (Å²) in [5.41, 5.74) is 3.20. The molecule has 0 spiro atoms. The first-order chi connectivity index (χ1) is 13.0. The molecule has 1 heterocycles. The lowest BCUT2D eigenvalue weighted by Gasteiger charge is -2.24. The van der Waals surface area contributed by atoms with Crippen LogP contribution in [-0.2, 0) is 6.42 Å². The normalized spacial score (nSPS) is 20.3. The Hall–Kier alpha value is -2.17. The number of amides is 1. The quantitative estimate of drug-likeness (QED) is 0.848. The lowest BCUT2D eigenvalue weighted by atomic mass is 9.96. The molecule has 144 valence electrons. The molecule has 1 saturated heterocycles. The molecule has 4 nitrogen and oxygen atoms in total. The number of rotatable bonds is 5. The zero-order chi connectivity index (χ0) is 19.3. The van der Waals surface area contributed by atoms with Crippen molar-refractivity contribution in [1.82, 2.24) is 4.90 Å². The van der Waals surface area contributed by atoms with E-state index < -0.39 is 5.60 Å². The van der Waals surface area contributed by atoms with Gasteiger partial charge in [0.25, 0.3) is 5.91 Å². The van der Waals surface area contributed by atoms with E-state index in [0.29, 0.717) is 37.9 Å². The lowest BCUT2D eigenvalue weighted by molar-refractivity contribution is -0.0250. The van der Waals surface area contributed by atoms with Crippen molar-refractivity contribution in [1.29, 1.82) is 0 Å². The molecule has 2 aromatic rings. The van der Waals surface area contributed by atoms with Gasteiger partial charge in [-0.1, -0.05) is 49.7 Å². The summed E-state index contributed by atoms with van der Waals surface area (Å²) in [4.78, 5) is 14.6. The predicted molar refractivity (Wildman–Crippen MR) is 108 cm³/mol. The van der Waals surface area contributed by atoms with Gasteiger partial charge in [0.15, 0.2) is 0 Å². The number of nitrogens with zero attached hydrogens (tertiary/aromatic N) is 1. The van der Waals surface area contributed by atoms with Crippen molar-refractivity contribution in [3.8, 4) is 11.1 Å². The van der Waals surface area contributed by atoms with E-state index >= 15 is 0 Å². The van der Waals surface area contributed by atoms with Crippen LogP contribution in [0, 0.1) is 0 Å². The van der Waals surface area contributed by atoms with Crippen LogP contribution in [0.25, 0.3) is 11.1 Å². The zero-order valence-corrected chi connectivity index (χ0v) is 16.0. The molecule has 4 heteroatoms. The fourth-order valence-corrected chi connectivity index (χ4v) is 3.68. The Labute approximate surface area is 161 Å². The van der Waals surface area contributed by atoms with Crippen molar-refractivity contribution in [2.45, 2.75) is 44.6 Å². The van der Waals surface area contributed by atoms with Crippen LogP contribution in [0.4, 0.5) is 0 Å². The Kier molecular flexibility index (Phi) is 6.30. The summed E-state index contributed by atoms with van der Waals surface area (Å²) < 4.78 is 0. The van der Waals surface area contributed by atoms with Gasteiger partial charge < -0.3 is 15.1 Å². The third-order valence-corrected chi connectivity index (χ3v) is 5.46. The Morgan fingerprint density at radius 1 is 1.00 bits per heavy atom. The highest BCUT2D eigenvalue weighted by molar-refractivity contribution is 5.94. The third-order valence-electron chi connectivity index (χ3n) is 5.46.